The largest absolute Gasteiger partial charge is 0.396 e. The van der Waals surface area contributed by atoms with E-state index in [0.717, 1.165) is 37.4 Å². The molecule has 1 aromatic rings. The molecule has 2 rings (SSSR count). The van der Waals surface area contributed by atoms with Crippen LogP contribution < -0.4 is 0 Å². The minimum absolute atomic E-state index is 0.0768. The summed E-state index contributed by atoms with van der Waals surface area (Å²) in [6, 6.07) is 5.61. The number of amides is 2. The molecule has 0 bridgehead atoms. The molecule has 1 N–H and O–H groups in total. The van der Waals surface area contributed by atoms with Gasteiger partial charge in [0, 0.05) is 24.4 Å². The van der Waals surface area contributed by atoms with Gasteiger partial charge in [-0.15, -0.1) is 11.8 Å². The van der Waals surface area contributed by atoms with Crippen LogP contribution in [0.4, 0.5) is 5.69 Å². The van der Waals surface area contributed by atoms with Crippen molar-refractivity contribution in [2.24, 2.45) is 0 Å². The molecule has 7 nitrogen and oxygen atoms in total. The van der Waals surface area contributed by atoms with E-state index in [1.807, 2.05) is 0 Å². The number of imide groups is 1. The summed E-state index contributed by atoms with van der Waals surface area (Å²) in [5, 5.41) is 19.9. The van der Waals surface area contributed by atoms with Crippen molar-refractivity contribution in [3.05, 3.63) is 44.8 Å². The van der Waals surface area contributed by atoms with Crippen LogP contribution in [0.15, 0.2) is 29.2 Å². The van der Waals surface area contributed by atoms with E-state index in [1.54, 1.807) is 0 Å². The molecule has 0 radical (unpaired) electrons. The van der Waals surface area contributed by atoms with Crippen LogP contribution in [0.3, 0.4) is 0 Å². The fourth-order valence-electron chi connectivity index (χ4n) is 2.74. The minimum Gasteiger partial charge on any atom is -0.396 e. The minimum atomic E-state index is -0.513. The Morgan fingerprint density at radius 3 is 2.38 bits per heavy atom. The topological polar surface area (TPSA) is 101 Å². The second kappa shape index (κ2) is 9.49. The van der Waals surface area contributed by atoms with E-state index in [9.17, 15) is 19.7 Å². The molecule has 0 spiro atoms. The Balaban J connectivity index is 2.28. The zero-order valence-electron chi connectivity index (χ0n) is 14.6. The predicted octanol–water partition coefficient (Wildman–Crippen LogP) is 2.98. The van der Waals surface area contributed by atoms with Gasteiger partial charge in [0.2, 0.25) is 0 Å². The van der Waals surface area contributed by atoms with Gasteiger partial charge in [0.25, 0.3) is 17.5 Å². The van der Waals surface area contributed by atoms with Gasteiger partial charge in [-0.05, 0) is 24.1 Å². The molecule has 1 aliphatic heterocycles. The van der Waals surface area contributed by atoms with Gasteiger partial charge in [-0.1, -0.05) is 26.2 Å². The zero-order chi connectivity index (χ0) is 19.1. The molecule has 0 fully saturated rings. The first-order valence-corrected chi connectivity index (χ1v) is 9.58. The highest BCUT2D eigenvalue weighted by Gasteiger charge is 2.38. The SMILES string of the molecule is CCCCCCN1C(=O)C(SCCO)=C(c2ccc([N+](=O)[O-])cc2)C1=O. The number of nitro benzene ring substituents is 1. The number of unbranched alkanes of at least 4 members (excludes halogenated alkanes) is 3. The highest BCUT2D eigenvalue weighted by atomic mass is 32.2. The first kappa shape index (κ1) is 20.1. The molecular formula is C18H22N2O5S. The Morgan fingerprint density at radius 2 is 1.81 bits per heavy atom. The highest BCUT2D eigenvalue weighted by molar-refractivity contribution is 8.04. The number of aliphatic hydroxyl groups excluding tert-OH is 1. The summed E-state index contributed by atoms with van der Waals surface area (Å²) in [5.41, 5.74) is 0.663. The van der Waals surface area contributed by atoms with Crippen molar-refractivity contribution >= 4 is 34.8 Å². The third-order valence-corrected chi connectivity index (χ3v) is 5.12. The molecule has 1 aliphatic rings. The molecule has 26 heavy (non-hydrogen) atoms. The van der Waals surface area contributed by atoms with E-state index in [-0.39, 0.29) is 29.7 Å². The summed E-state index contributed by atoms with van der Waals surface area (Å²) in [6.45, 7) is 2.33. The molecular weight excluding hydrogens is 356 g/mol. The Hall–Kier alpha value is -2.19. The first-order valence-electron chi connectivity index (χ1n) is 8.60. The first-order chi connectivity index (χ1) is 12.5. The Bertz CT molecular complexity index is 715. The Labute approximate surface area is 156 Å². The second-order valence-electron chi connectivity index (χ2n) is 5.90. The van der Waals surface area contributed by atoms with Crippen molar-refractivity contribution in [2.45, 2.75) is 32.6 Å². The Morgan fingerprint density at radius 1 is 1.12 bits per heavy atom. The number of hydrogen-bond donors (Lipinski definition) is 1. The molecule has 0 saturated carbocycles. The van der Waals surface area contributed by atoms with Crippen molar-refractivity contribution in [1.82, 2.24) is 4.90 Å². The van der Waals surface area contributed by atoms with Crippen molar-refractivity contribution < 1.29 is 19.6 Å². The van der Waals surface area contributed by atoms with Crippen LogP contribution >= 0.6 is 11.8 Å². The molecule has 2 amide bonds. The molecule has 0 unspecified atom stereocenters. The molecule has 0 atom stereocenters. The van der Waals surface area contributed by atoms with E-state index in [2.05, 4.69) is 6.92 Å². The number of hydrogen-bond acceptors (Lipinski definition) is 6. The summed E-state index contributed by atoms with van der Waals surface area (Å²) in [7, 11) is 0. The lowest BCUT2D eigenvalue weighted by molar-refractivity contribution is -0.384. The van der Waals surface area contributed by atoms with Crippen LogP contribution in [-0.4, -0.2) is 45.6 Å². The molecule has 0 saturated heterocycles. The second-order valence-corrected chi connectivity index (χ2v) is 7.01. The smallest absolute Gasteiger partial charge is 0.269 e. The van der Waals surface area contributed by atoms with Crippen LogP contribution in [0.25, 0.3) is 5.57 Å². The highest BCUT2D eigenvalue weighted by Crippen LogP contribution is 2.36. The fraction of sp³-hybridized carbons (Fsp3) is 0.444. The van der Waals surface area contributed by atoms with Crippen LogP contribution in [0, 0.1) is 10.1 Å². The van der Waals surface area contributed by atoms with E-state index in [4.69, 9.17) is 5.11 Å². The number of non-ortho nitro benzene ring substituents is 1. The number of carbonyl (C=O) groups excluding carboxylic acids is 2. The van der Waals surface area contributed by atoms with E-state index >= 15 is 0 Å². The number of rotatable bonds is 10. The van der Waals surface area contributed by atoms with Crippen molar-refractivity contribution in [1.29, 1.82) is 0 Å². The lowest BCUT2D eigenvalue weighted by Gasteiger charge is -2.14. The lowest BCUT2D eigenvalue weighted by Crippen LogP contribution is -2.32. The van der Waals surface area contributed by atoms with Gasteiger partial charge < -0.3 is 5.11 Å². The summed E-state index contributed by atoms with van der Waals surface area (Å²) < 4.78 is 0. The van der Waals surface area contributed by atoms with Crippen LogP contribution in [0.1, 0.15) is 38.2 Å². The maximum Gasteiger partial charge on any atom is 0.269 e. The number of carbonyl (C=O) groups is 2. The summed E-state index contributed by atoms with van der Waals surface area (Å²) >= 11 is 1.14. The van der Waals surface area contributed by atoms with Crippen LogP contribution in [-0.2, 0) is 9.59 Å². The predicted molar refractivity (Wildman–Crippen MR) is 100 cm³/mol. The average Bonchev–Trinajstić information content (AvgIpc) is 2.87. The normalized spacial score (nSPS) is 14.5. The molecule has 140 valence electrons. The van der Waals surface area contributed by atoms with Gasteiger partial charge in [-0.3, -0.25) is 24.6 Å². The van der Waals surface area contributed by atoms with Crippen LogP contribution in [0.2, 0.25) is 0 Å². The quantitative estimate of drug-likeness (QED) is 0.291. The van der Waals surface area contributed by atoms with E-state index in [1.165, 1.54) is 29.2 Å². The number of aliphatic hydroxyl groups is 1. The molecule has 0 aromatic heterocycles. The van der Waals surface area contributed by atoms with Crippen molar-refractivity contribution in [3.8, 4) is 0 Å². The zero-order valence-corrected chi connectivity index (χ0v) is 15.5. The molecule has 8 heteroatoms. The van der Waals surface area contributed by atoms with Crippen molar-refractivity contribution in [2.75, 3.05) is 18.9 Å². The number of nitro groups is 1. The summed E-state index contributed by atoms with van der Waals surface area (Å²) in [6.07, 6.45) is 3.80. The molecule has 1 heterocycles. The van der Waals surface area contributed by atoms with Gasteiger partial charge >= 0.3 is 0 Å². The monoisotopic (exact) mass is 378 g/mol. The van der Waals surface area contributed by atoms with E-state index < -0.39 is 4.92 Å². The van der Waals surface area contributed by atoms with Gasteiger partial charge in [-0.2, -0.15) is 0 Å². The van der Waals surface area contributed by atoms with Gasteiger partial charge in [0.1, 0.15) is 0 Å². The average molecular weight is 378 g/mol. The summed E-state index contributed by atoms with van der Waals surface area (Å²) in [4.78, 5) is 37.3. The fourth-order valence-corrected chi connectivity index (χ4v) is 3.62. The molecule has 0 aliphatic carbocycles. The van der Waals surface area contributed by atoms with Crippen molar-refractivity contribution in [3.63, 3.8) is 0 Å². The number of thioether (sulfide) groups is 1. The third-order valence-electron chi connectivity index (χ3n) is 4.07. The Kier molecular flexibility index (Phi) is 7.35. The third kappa shape index (κ3) is 4.50. The molecule has 1 aromatic carbocycles. The van der Waals surface area contributed by atoms with E-state index in [0.29, 0.717) is 22.8 Å². The number of nitrogens with zero attached hydrogens (tertiary/aromatic N) is 2. The van der Waals surface area contributed by atoms with Crippen LogP contribution in [0.5, 0.6) is 0 Å². The lowest BCUT2D eigenvalue weighted by atomic mass is 10.1. The van der Waals surface area contributed by atoms with Gasteiger partial charge in [0.05, 0.1) is 22.0 Å². The maximum atomic E-state index is 12.8. The van der Waals surface area contributed by atoms with Gasteiger partial charge in [0.15, 0.2) is 0 Å². The standard InChI is InChI=1S/C18H22N2O5S/c1-2-3-4-5-10-19-17(22)15(16(18(19)23)26-12-11-21)13-6-8-14(9-7-13)20(24)25/h6-9,21H,2-5,10-12H2,1H3. The number of benzene rings is 1. The summed E-state index contributed by atoms with van der Waals surface area (Å²) in [5.74, 6) is -0.423. The van der Waals surface area contributed by atoms with Gasteiger partial charge in [-0.25, -0.2) is 0 Å². The maximum absolute atomic E-state index is 12.8.